The maximum absolute atomic E-state index is 12.8. The molecule has 1 aromatic carbocycles. The van der Waals surface area contributed by atoms with E-state index in [9.17, 15) is 4.39 Å². The zero-order valence-corrected chi connectivity index (χ0v) is 12.3. The Morgan fingerprint density at radius 2 is 2.10 bits per heavy atom. The predicted molar refractivity (Wildman–Crippen MR) is 79.7 cm³/mol. The molecule has 3 nitrogen and oxygen atoms in total. The average Bonchev–Trinajstić information content (AvgIpc) is 2.47. The van der Waals surface area contributed by atoms with Gasteiger partial charge in [-0.15, -0.1) is 0 Å². The first-order chi connectivity index (χ1) is 9.79. The normalized spacial score (nSPS) is 20.0. The van der Waals surface area contributed by atoms with Crippen LogP contribution in [-0.4, -0.2) is 44.2 Å². The molecular weight excluding hydrogens is 255 g/mol. The van der Waals surface area contributed by atoms with Crippen molar-refractivity contribution < 1.29 is 9.13 Å². The summed E-state index contributed by atoms with van der Waals surface area (Å²) in [6, 6.07) is 6.89. The molecule has 4 heteroatoms. The number of nitrogens with zero attached hydrogens (tertiary/aromatic N) is 1. The minimum Gasteiger partial charge on any atom is -0.494 e. The van der Waals surface area contributed by atoms with Gasteiger partial charge in [-0.3, -0.25) is 4.90 Å². The summed E-state index contributed by atoms with van der Waals surface area (Å²) in [5.74, 6) is 0.525. The number of benzene rings is 1. The number of likely N-dealkylation sites (N-methyl/N-ethyl adjacent to an activating group) is 1. The van der Waals surface area contributed by atoms with Crippen LogP contribution in [0.5, 0.6) is 5.75 Å². The second-order valence-electron chi connectivity index (χ2n) is 5.40. The number of hydrogen-bond donors (Lipinski definition) is 1. The highest BCUT2D eigenvalue weighted by Crippen LogP contribution is 2.17. The van der Waals surface area contributed by atoms with Crippen molar-refractivity contribution in [2.45, 2.75) is 31.7 Å². The van der Waals surface area contributed by atoms with Crippen molar-refractivity contribution in [1.29, 1.82) is 0 Å². The lowest BCUT2D eigenvalue weighted by Gasteiger charge is -2.35. The van der Waals surface area contributed by atoms with Crippen LogP contribution in [0.25, 0.3) is 0 Å². The molecule has 1 atom stereocenters. The van der Waals surface area contributed by atoms with Gasteiger partial charge in [-0.25, -0.2) is 4.39 Å². The first kappa shape index (κ1) is 15.3. The minimum atomic E-state index is -0.222. The fourth-order valence-corrected chi connectivity index (χ4v) is 2.81. The number of rotatable bonds is 7. The van der Waals surface area contributed by atoms with Crippen LogP contribution < -0.4 is 10.1 Å². The van der Waals surface area contributed by atoms with Crippen LogP contribution in [0.3, 0.4) is 0 Å². The molecular formula is C16H25FN2O. The molecule has 1 fully saturated rings. The Balaban J connectivity index is 1.67. The van der Waals surface area contributed by atoms with E-state index in [0.29, 0.717) is 12.6 Å². The first-order valence-corrected chi connectivity index (χ1v) is 7.56. The van der Waals surface area contributed by atoms with Crippen LogP contribution in [0.15, 0.2) is 24.3 Å². The molecule has 0 spiro atoms. The summed E-state index contributed by atoms with van der Waals surface area (Å²) in [6.07, 6.45) is 4.95. The second-order valence-corrected chi connectivity index (χ2v) is 5.40. The van der Waals surface area contributed by atoms with Gasteiger partial charge in [0, 0.05) is 19.1 Å². The highest BCUT2D eigenvalue weighted by Gasteiger charge is 2.20. The molecule has 1 heterocycles. The number of likely N-dealkylation sites (tertiary alicyclic amines) is 1. The maximum atomic E-state index is 12.8. The van der Waals surface area contributed by atoms with Crippen LogP contribution in [0, 0.1) is 5.82 Å². The molecule has 1 saturated heterocycles. The van der Waals surface area contributed by atoms with E-state index in [2.05, 4.69) is 10.2 Å². The number of piperidine rings is 1. The Bertz CT molecular complexity index is 381. The number of ether oxygens (including phenoxy) is 1. The quantitative estimate of drug-likeness (QED) is 0.777. The van der Waals surface area contributed by atoms with E-state index in [1.54, 1.807) is 12.1 Å². The monoisotopic (exact) mass is 280 g/mol. The lowest BCUT2D eigenvalue weighted by atomic mass is 10.0. The van der Waals surface area contributed by atoms with Crippen LogP contribution in [0.2, 0.25) is 0 Å². The average molecular weight is 280 g/mol. The molecule has 0 aliphatic carbocycles. The van der Waals surface area contributed by atoms with Gasteiger partial charge >= 0.3 is 0 Å². The molecule has 0 aromatic heterocycles. The highest BCUT2D eigenvalue weighted by atomic mass is 19.1. The maximum Gasteiger partial charge on any atom is 0.123 e. The van der Waals surface area contributed by atoms with Crippen LogP contribution in [0.4, 0.5) is 4.39 Å². The second kappa shape index (κ2) is 8.22. The van der Waals surface area contributed by atoms with Crippen molar-refractivity contribution in [2.75, 3.05) is 33.3 Å². The van der Waals surface area contributed by atoms with E-state index in [4.69, 9.17) is 4.74 Å². The summed E-state index contributed by atoms with van der Waals surface area (Å²) in [4.78, 5) is 2.56. The Morgan fingerprint density at radius 3 is 2.85 bits per heavy atom. The van der Waals surface area contributed by atoms with Gasteiger partial charge < -0.3 is 10.1 Å². The number of hydrogen-bond acceptors (Lipinski definition) is 3. The first-order valence-electron chi connectivity index (χ1n) is 7.56. The van der Waals surface area contributed by atoms with E-state index in [0.717, 1.165) is 25.3 Å². The van der Waals surface area contributed by atoms with Gasteiger partial charge in [0.25, 0.3) is 0 Å². The van der Waals surface area contributed by atoms with Crippen LogP contribution in [-0.2, 0) is 0 Å². The smallest absolute Gasteiger partial charge is 0.123 e. The van der Waals surface area contributed by atoms with Gasteiger partial charge in [-0.2, -0.15) is 0 Å². The third-order valence-corrected chi connectivity index (χ3v) is 3.86. The summed E-state index contributed by atoms with van der Waals surface area (Å²) in [5.41, 5.74) is 0. The lowest BCUT2D eigenvalue weighted by molar-refractivity contribution is 0.137. The van der Waals surface area contributed by atoms with Gasteiger partial charge in [-0.1, -0.05) is 6.42 Å². The lowest BCUT2D eigenvalue weighted by Crippen LogP contribution is -2.45. The van der Waals surface area contributed by atoms with Gasteiger partial charge in [0.2, 0.25) is 0 Å². The molecule has 2 rings (SSSR count). The molecule has 1 aliphatic rings. The molecule has 0 saturated carbocycles. The van der Waals surface area contributed by atoms with Gasteiger partial charge in [-0.05, 0) is 57.1 Å². The molecule has 112 valence electrons. The predicted octanol–water partition coefficient (Wildman–Crippen LogP) is 2.67. The third-order valence-electron chi connectivity index (χ3n) is 3.86. The molecule has 0 amide bonds. The zero-order chi connectivity index (χ0) is 14.2. The van der Waals surface area contributed by atoms with E-state index >= 15 is 0 Å². The van der Waals surface area contributed by atoms with Crippen molar-refractivity contribution in [3.63, 3.8) is 0 Å². The topological polar surface area (TPSA) is 24.5 Å². The highest BCUT2D eigenvalue weighted by molar-refractivity contribution is 5.21. The van der Waals surface area contributed by atoms with E-state index < -0.39 is 0 Å². The Hall–Kier alpha value is -1.13. The molecule has 1 unspecified atom stereocenters. The summed E-state index contributed by atoms with van der Waals surface area (Å²) >= 11 is 0. The van der Waals surface area contributed by atoms with Crippen molar-refractivity contribution in [3.8, 4) is 5.75 Å². The molecule has 1 aromatic rings. The fraction of sp³-hybridized carbons (Fsp3) is 0.625. The molecule has 0 bridgehead atoms. The van der Waals surface area contributed by atoms with Crippen molar-refractivity contribution in [3.05, 3.63) is 30.1 Å². The van der Waals surface area contributed by atoms with Gasteiger partial charge in [0.15, 0.2) is 0 Å². The summed E-state index contributed by atoms with van der Waals surface area (Å²) in [6.45, 7) is 4.03. The third kappa shape index (κ3) is 4.76. The Kier molecular flexibility index (Phi) is 6.27. The van der Waals surface area contributed by atoms with Crippen molar-refractivity contribution in [2.24, 2.45) is 0 Å². The standard InChI is InChI=1S/C16H25FN2O/c1-18-13-15-5-2-3-10-19(15)11-4-12-20-16-8-6-14(17)7-9-16/h6-9,15,18H,2-5,10-13H2,1H3. The fourth-order valence-electron chi connectivity index (χ4n) is 2.81. The number of halogens is 1. The molecule has 1 aliphatic heterocycles. The van der Waals surface area contributed by atoms with Gasteiger partial charge in [0.1, 0.15) is 11.6 Å². The SMILES string of the molecule is CNCC1CCCCN1CCCOc1ccc(F)cc1. The zero-order valence-electron chi connectivity index (χ0n) is 12.3. The van der Waals surface area contributed by atoms with Crippen molar-refractivity contribution >= 4 is 0 Å². The Morgan fingerprint density at radius 1 is 1.30 bits per heavy atom. The van der Waals surface area contributed by atoms with Crippen LogP contribution in [0.1, 0.15) is 25.7 Å². The molecule has 0 radical (unpaired) electrons. The summed E-state index contributed by atoms with van der Waals surface area (Å²) in [5, 5.41) is 3.28. The van der Waals surface area contributed by atoms with Crippen molar-refractivity contribution in [1.82, 2.24) is 10.2 Å². The summed E-state index contributed by atoms with van der Waals surface area (Å²) < 4.78 is 18.4. The van der Waals surface area contributed by atoms with Crippen LogP contribution >= 0.6 is 0 Å². The minimum absolute atomic E-state index is 0.222. The van der Waals surface area contributed by atoms with Gasteiger partial charge in [0.05, 0.1) is 6.61 Å². The van der Waals surface area contributed by atoms with E-state index in [-0.39, 0.29) is 5.82 Å². The molecule has 1 N–H and O–H groups in total. The number of nitrogens with one attached hydrogen (secondary N) is 1. The molecule has 20 heavy (non-hydrogen) atoms. The largest absolute Gasteiger partial charge is 0.494 e. The van der Waals surface area contributed by atoms with E-state index in [1.165, 1.54) is 37.9 Å². The Labute approximate surface area is 121 Å². The van der Waals surface area contributed by atoms with E-state index in [1.807, 2.05) is 7.05 Å². The summed E-state index contributed by atoms with van der Waals surface area (Å²) in [7, 11) is 2.02.